The van der Waals surface area contributed by atoms with Crippen molar-refractivity contribution >= 4 is 34.5 Å². The summed E-state index contributed by atoms with van der Waals surface area (Å²) in [6.45, 7) is 1.25. The molecule has 0 spiro atoms. The molecule has 0 radical (unpaired) electrons. The van der Waals surface area contributed by atoms with Crippen molar-refractivity contribution in [1.82, 2.24) is 15.0 Å². The Kier molecular flexibility index (Phi) is 4.78. The highest BCUT2D eigenvalue weighted by molar-refractivity contribution is 7.08. The molecule has 0 unspecified atom stereocenters. The van der Waals surface area contributed by atoms with Crippen molar-refractivity contribution in [2.24, 2.45) is 0 Å². The van der Waals surface area contributed by atoms with Gasteiger partial charge in [0.2, 0.25) is 11.7 Å². The van der Waals surface area contributed by atoms with Gasteiger partial charge >= 0.3 is 0 Å². The molecule has 0 saturated heterocycles. The van der Waals surface area contributed by atoms with Gasteiger partial charge in [0.15, 0.2) is 0 Å². The molecule has 2 aromatic heterocycles. The van der Waals surface area contributed by atoms with E-state index in [1.54, 1.807) is 17.4 Å². The maximum absolute atomic E-state index is 6.01. The van der Waals surface area contributed by atoms with Gasteiger partial charge in [-0.05, 0) is 42.3 Å². The van der Waals surface area contributed by atoms with Crippen LogP contribution in [0.25, 0.3) is 11.4 Å². The number of rotatable bonds is 5. The molecule has 7 heteroatoms. The second-order valence-corrected chi connectivity index (χ2v) is 6.63. The third kappa shape index (κ3) is 3.87. The van der Waals surface area contributed by atoms with Crippen molar-refractivity contribution in [1.29, 1.82) is 0 Å². The maximum atomic E-state index is 6.01. The van der Waals surface area contributed by atoms with E-state index in [1.165, 1.54) is 0 Å². The van der Waals surface area contributed by atoms with Gasteiger partial charge in [-0.3, -0.25) is 4.90 Å². The average molecular weight is 354 g/mol. The zero-order chi connectivity index (χ0) is 15.5. The molecule has 1 aromatic carbocycles. The summed E-state index contributed by atoms with van der Waals surface area (Å²) in [5.74, 6) is 1.20. The zero-order valence-electron chi connectivity index (χ0n) is 11.8. The van der Waals surface area contributed by atoms with E-state index in [4.69, 9.17) is 27.7 Å². The number of nitrogens with zero attached hydrogens (tertiary/aromatic N) is 3. The molecule has 0 aliphatic carbocycles. The summed E-state index contributed by atoms with van der Waals surface area (Å²) in [5, 5.41) is 9.24. The van der Waals surface area contributed by atoms with Gasteiger partial charge in [0.05, 0.1) is 6.54 Å². The monoisotopic (exact) mass is 353 g/mol. The summed E-state index contributed by atoms with van der Waals surface area (Å²) in [6.07, 6.45) is 0. The molecule has 3 aromatic rings. The molecule has 0 aliphatic heterocycles. The summed E-state index contributed by atoms with van der Waals surface area (Å²) >= 11 is 13.6. The standard InChI is InChI=1S/C15H13Cl2N3OS/c1-20(7-10-4-12(16)6-13(17)5-10)8-14-18-15(19-21-14)11-2-3-22-9-11/h2-6,9H,7-8H2,1H3. The lowest BCUT2D eigenvalue weighted by molar-refractivity contribution is 0.261. The maximum Gasteiger partial charge on any atom is 0.241 e. The second-order valence-electron chi connectivity index (χ2n) is 4.97. The molecule has 0 fully saturated rings. The number of halogens is 2. The Morgan fingerprint density at radius 2 is 1.95 bits per heavy atom. The van der Waals surface area contributed by atoms with Crippen LogP contribution in [0.2, 0.25) is 10.0 Å². The molecule has 3 rings (SSSR count). The number of hydrogen-bond donors (Lipinski definition) is 0. The van der Waals surface area contributed by atoms with Crippen molar-refractivity contribution in [2.75, 3.05) is 7.05 Å². The fourth-order valence-corrected chi connectivity index (χ4v) is 3.33. The third-order valence-electron chi connectivity index (χ3n) is 3.03. The Balaban J connectivity index is 1.65. The third-order valence-corrected chi connectivity index (χ3v) is 4.15. The predicted octanol–water partition coefficient (Wildman–Crippen LogP) is 4.74. The van der Waals surface area contributed by atoms with E-state index >= 15 is 0 Å². The van der Waals surface area contributed by atoms with Gasteiger partial charge in [-0.1, -0.05) is 28.4 Å². The molecule has 0 atom stereocenters. The summed E-state index contributed by atoms with van der Waals surface area (Å²) in [7, 11) is 1.98. The van der Waals surface area contributed by atoms with E-state index in [0.717, 1.165) is 11.1 Å². The summed E-state index contributed by atoms with van der Waals surface area (Å²) in [4.78, 5) is 6.47. The van der Waals surface area contributed by atoms with Crippen molar-refractivity contribution in [2.45, 2.75) is 13.1 Å². The van der Waals surface area contributed by atoms with Crippen LogP contribution in [0.15, 0.2) is 39.5 Å². The van der Waals surface area contributed by atoms with E-state index in [0.29, 0.717) is 34.8 Å². The van der Waals surface area contributed by atoms with Gasteiger partial charge in [-0.2, -0.15) is 16.3 Å². The second kappa shape index (κ2) is 6.79. The Labute approximate surface area is 142 Å². The summed E-state index contributed by atoms with van der Waals surface area (Å²) < 4.78 is 5.29. The van der Waals surface area contributed by atoms with E-state index in [2.05, 4.69) is 15.0 Å². The first kappa shape index (κ1) is 15.5. The molecule has 0 aliphatic rings. The Morgan fingerprint density at radius 3 is 2.64 bits per heavy atom. The summed E-state index contributed by atoms with van der Waals surface area (Å²) in [6, 6.07) is 7.48. The van der Waals surface area contributed by atoms with Gasteiger partial charge in [-0.25, -0.2) is 0 Å². The molecule has 4 nitrogen and oxygen atoms in total. The SMILES string of the molecule is CN(Cc1cc(Cl)cc(Cl)c1)Cc1nc(-c2ccsc2)no1. The first-order valence-electron chi connectivity index (χ1n) is 6.59. The number of hydrogen-bond acceptors (Lipinski definition) is 5. The lowest BCUT2D eigenvalue weighted by atomic mass is 10.2. The molecule has 0 bridgehead atoms. The van der Waals surface area contributed by atoms with Crippen LogP contribution < -0.4 is 0 Å². The minimum atomic E-state index is 0.557. The zero-order valence-corrected chi connectivity index (χ0v) is 14.1. The van der Waals surface area contributed by atoms with Gasteiger partial charge in [-0.15, -0.1) is 0 Å². The molecule has 114 valence electrons. The van der Waals surface area contributed by atoms with Crippen LogP contribution in [0.3, 0.4) is 0 Å². The number of benzene rings is 1. The predicted molar refractivity (Wildman–Crippen MR) is 89.2 cm³/mol. The quantitative estimate of drug-likeness (QED) is 0.664. The summed E-state index contributed by atoms with van der Waals surface area (Å²) in [5.41, 5.74) is 2.02. The largest absolute Gasteiger partial charge is 0.338 e. The normalized spacial score (nSPS) is 11.3. The lowest BCUT2D eigenvalue weighted by Gasteiger charge is -2.14. The molecule has 0 saturated carbocycles. The highest BCUT2D eigenvalue weighted by atomic mass is 35.5. The minimum Gasteiger partial charge on any atom is -0.338 e. The Bertz CT molecular complexity index is 738. The molecule has 0 N–H and O–H groups in total. The number of thiophene rings is 1. The van der Waals surface area contributed by atoms with Crippen LogP contribution in [0.5, 0.6) is 0 Å². The van der Waals surface area contributed by atoms with Crippen molar-refractivity contribution in [3.8, 4) is 11.4 Å². The first-order valence-corrected chi connectivity index (χ1v) is 8.29. The van der Waals surface area contributed by atoms with E-state index in [1.807, 2.05) is 36.0 Å². The minimum absolute atomic E-state index is 0.557. The lowest BCUT2D eigenvalue weighted by Crippen LogP contribution is -2.17. The number of aromatic nitrogens is 2. The van der Waals surface area contributed by atoms with Crippen LogP contribution in [0, 0.1) is 0 Å². The fraction of sp³-hybridized carbons (Fsp3) is 0.200. The van der Waals surface area contributed by atoms with Crippen LogP contribution >= 0.6 is 34.5 Å². The van der Waals surface area contributed by atoms with E-state index in [-0.39, 0.29) is 0 Å². The van der Waals surface area contributed by atoms with Crippen LogP contribution in [0.1, 0.15) is 11.5 Å². The van der Waals surface area contributed by atoms with Gasteiger partial charge < -0.3 is 4.52 Å². The van der Waals surface area contributed by atoms with Gasteiger partial charge in [0.25, 0.3) is 0 Å². The topological polar surface area (TPSA) is 42.2 Å². The molecule has 2 heterocycles. The molecular weight excluding hydrogens is 341 g/mol. The highest BCUT2D eigenvalue weighted by Gasteiger charge is 2.11. The Hall–Kier alpha value is -1.40. The van der Waals surface area contributed by atoms with Crippen molar-refractivity contribution in [3.05, 3.63) is 56.5 Å². The van der Waals surface area contributed by atoms with Crippen LogP contribution in [-0.2, 0) is 13.1 Å². The van der Waals surface area contributed by atoms with Crippen molar-refractivity contribution < 1.29 is 4.52 Å². The Morgan fingerprint density at radius 1 is 1.18 bits per heavy atom. The smallest absolute Gasteiger partial charge is 0.241 e. The molecule has 22 heavy (non-hydrogen) atoms. The fourth-order valence-electron chi connectivity index (χ4n) is 2.13. The highest BCUT2D eigenvalue weighted by Crippen LogP contribution is 2.21. The first-order chi connectivity index (χ1) is 10.6. The van der Waals surface area contributed by atoms with Crippen molar-refractivity contribution in [3.63, 3.8) is 0 Å². The molecular formula is C15H13Cl2N3OS. The van der Waals surface area contributed by atoms with E-state index in [9.17, 15) is 0 Å². The van der Waals surface area contributed by atoms with Crippen LogP contribution in [-0.4, -0.2) is 22.1 Å². The van der Waals surface area contributed by atoms with E-state index < -0.39 is 0 Å². The average Bonchev–Trinajstić information content (AvgIpc) is 3.07. The van der Waals surface area contributed by atoms with Gasteiger partial charge in [0, 0.05) is 27.5 Å². The molecule has 0 amide bonds. The van der Waals surface area contributed by atoms with Gasteiger partial charge in [0.1, 0.15) is 0 Å². The van der Waals surface area contributed by atoms with Crippen LogP contribution in [0.4, 0.5) is 0 Å².